The van der Waals surface area contributed by atoms with Crippen molar-refractivity contribution in [1.29, 1.82) is 0 Å². The Morgan fingerprint density at radius 2 is 1.86 bits per heavy atom. The van der Waals surface area contributed by atoms with E-state index in [0.29, 0.717) is 0 Å². The lowest BCUT2D eigenvalue weighted by Gasteiger charge is -2.36. The fourth-order valence-electron chi connectivity index (χ4n) is 2.76. The summed E-state index contributed by atoms with van der Waals surface area (Å²) in [6, 6.07) is 3.94. The lowest BCUT2D eigenvalue weighted by atomic mass is 10.2. The van der Waals surface area contributed by atoms with E-state index in [1.165, 1.54) is 0 Å². The first-order chi connectivity index (χ1) is 10.8. The fourth-order valence-corrected chi connectivity index (χ4v) is 2.76. The van der Waals surface area contributed by atoms with E-state index in [4.69, 9.17) is 0 Å². The van der Waals surface area contributed by atoms with E-state index in [-0.39, 0.29) is 0 Å². The van der Waals surface area contributed by atoms with Gasteiger partial charge >= 0.3 is 0 Å². The van der Waals surface area contributed by atoms with Gasteiger partial charge in [0, 0.05) is 37.9 Å². The lowest BCUT2D eigenvalue weighted by Crippen LogP contribution is -2.47. The summed E-state index contributed by atoms with van der Waals surface area (Å²) in [6.45, 7) is 5.69. The fraction of sp³-hybridized carbons (Fsp3) is 0.357. The minimum absolute atomic E-state index is 0.763. The average molecular weight is 296 g/mol. The summed E-state index contributed by atoms with van der Waals surface area (Å²) in [5.41, 5.74) is 1.87. The Morgan fingerprint density at radius 1 is 1.05 bits per heavy atom. The molecule has 0 N–H and O–H groups in total. The Hall–Kier alpha value is -2.77. The molecule has 22 heavy (non-hydrogen) atoms. The zero-order valence-corrected chi connectivity index (χ0v) is 12.3. The Bertz CT molecular complexity index is 790. The van der Waals surface area contributed by atoms with E-state index in [1.54, 1.807) is 17.2 Å². The molecule has 0 atom stereocenters. The van der Waals surface area contributed by atoms with Gasteiger partial charge in [-0.05, 0) is 19.1 Å². The molecule has 0 amide bonds. The van der Waals surface area contributed by atoms with Crippen molar-refractivity contribution in [2.75, 3.05) is 36.0 Å². The molecule has 8 nitrogen and oxygen atoms in total. The maximum absolute atomic E-state index is 4.55. The van der Waals surface area contributed by atoms with Gasteiger partial charge in [-0.25, -0.2) is 9.97 Å². The highest BCUT2D eigenvalue weighted by molar-refractivity contribution is 5.49. The predicted octanol–water partition coefficient (Wildman–Crippen LogP) is 0.549. The number of aromatic nitrogens is 6. The summed E-state index contributed by atoms with van der Waals surface area (Å²) in [6.07, 6.45) is 5.09. The molecule has 1 fully saturated rings. The first kappa shape index (κ1) is 12.9. The topological polar surface area (TPSA) is 75.3 Å². The molecular formula is C14H16N8. The van der Waals surface area contributed by atoms with Gasteiger partial charge in [-0.15, -0.1) is 15.3 Å². The molecule has 0 spiro atoms. The van der Waals surface area contributed by atoms with Crippen LogP contribution in [0.2, 0.25) is 0 Å². The van der Waals surface area contributed by atoms with Crippen LogP contribution in [-0.4, -0.2) is 56.0 Å². The van der Waals surface area contributed by atoms with Gasteiger partial charge in [-0.3, -0.25) is 0 Å². The van der Waals surface area contributed by atoms with Crippen LogP contribution in [0.1, 0.15) is 5.56 Å². The molecule has 1 saturated heterocycles. The Labute approximate surface area is 127 Å². The van der Waals surface area contributed by atoms with Crippen molar-refractivity contribution in [3.8, 4) is 0 Å². The minimum atomic E-state index is 0.763. The molecule has 0 saturated carbocycles. The Balaban J connectivity index is 1.50. The minimum Gasteiger partial charge on any atom is -0.353 e. The second-order valence-electron chi connectivity index (χ2n) is 5.33. The van der Waals surface area contributed by atoms with Gasteiger partial charge < -0.3 is 9.80 Å². The highest BCUT2D eigenvalue weighted by Crippen LogP contribution is 2.19. The maximum atomic E-state index is 4.55. The Morgan fingerprint density at radius 3 is 2.68 bits per heavy atom. The Kier molecular flexibility index (Phi) is 3.06. The number of anilines is 2. The monoisotopic (exact) mass is 296 g/mol. The maximum Gasteiger partial charge on any atom is 0.177 e. The van der Waals surface area contributed by atoms with Crippen LogP contribution in [0.25, 0.3) is 5.65 Å². The van der Waals surface area contributed by atoms with E-state index >= 15 is 0 Å². The molecule has 3 aromatic rings. The van der Waals surface area contributed by atoms with Gasteiger partial charge in [0.15, 0.2) is 5.65 Å². The highest BCUT2D eigenvalue weighted by Gasteiger charge is 2.20. The van der Waals surface area contributed by atoms with Gasteiger partial charge in [-0.1, -0.05) is 0 Å². The van der Waals surface area contributed by atoms with Crippen LogP contribution >= 0.6 is 0 Å². The number of fused-ring (bicyclic) bond motifs is 1. The molecule has 1 aliphatic rings. The summed E-state index contributed by atoms with van der Waals surface area (Å²) in [7, 11) is 0. The van der Waals surface area contributed by atoms with Crippen LogP contribution < -0.4 is 9.80 Å². The zero-order valence-electron chi connectivity index (χ0n) is 12.3. The second kappa shape index (κ2) is 5.21. The van der Waals surface area contributed by atoms with Crippen LogP contribution in [0.15, 0.2) is 31.0 Å². The van der Waals surface area contributed by atoms with Gasteiger partial charge in [-0.2, -0.15) is 4.52 Å². The molecule has 0 aromatic carbocycles. The summed E-state index contributed by atoms with van der Waals surface area (Å²) in [5.74, 6) is 1.98. The molecule has 4 rings (SSSR count). The summed E-state index contributed by atoms with van der Waals surface area (Å²) in [4.78, 5) is 13.0. The van der Waals surface area contributed by atoms with Crippen LogP contribution in [0.3, 0.4) is 0 Å². The average Bonchev–Trinajstić information content (AvgIpc) is 3.03. The zero-order chi connectivity index (χ0) is 14.9. The van der Waals surface area contributed by atoms with E-state index in [9.17, 15) is 0 Å². The molecule has 112 valence electrons. The van der Waals surface area contributed by atoms with Gasteiger partial charge in [0.05, 0.1) is 0 Å². The summed E-state index contributed by atoms with van der Waals surface area (Å²) < 4.78 is 1.70. The molecule has 1 aliphatic heterocycles. The number of rotatable bonds is 2. The molecule has 8 heteroatoms. The predicted molar refractivity (Wildman–Crippen MR) is 82.0 cm³/mol. The lowest BCUT2D eigenvalue weighted by molar-refractivity contribution is 0.634. The van der Waals surface area contributed by atoms with Crippen molar-refractivity contribution >= 4 is 17.3 Å². The van der Waals surface area contributed by atoms with Crippen molar-refractivity contribution in [1.82, 2.24) is 29.8 Å². The third-order valence-electron chi connectivity index (χ3n) is 3.92. The quantitative estimate of drug-likeness (QED) is 0.683. The highest BCUT2D eigenvalue weighted by atomic mass is 15.4. The van der Waals surface area contributed by atoms with Crippen LogP contribution in [0, 0.1) is 6.92 Å². The van der Waals surface area contributed by atoms with Crippen LogP contribution in [-0.2, 0) is 0 Å². The molecule has 3 aromatic heterocycles. The van der Waals surface area contributed by atoms with Gasteiger partial charge in [0.1, 0.15) is 24.3 Å². The number of piperazine rings is 1. The number of nitrogens with zero attached hydrogens (tertiary/aromatic N) is 8. The first-order valence-corrected chi connectivity index (χ1v) is 7.25. The number of aryl methyl sites for hydroxylation is 1. The van der Waals surface area contributed by atoms with Crippen molar-refractivity contribution < 1.29 is 0 Å². The van der Waals surface area contributed by atoms with Gasteiger partial charge in [0.25, 0.3) is 0 Å². The summed E-state index contributed by atoms with van der Waals surface area (Å²) in [5, 5.41) is 12.4. The first-order valence-electron chi connectivity index (χ1n) is 7.25. The van der Waals surface area contributed by atoms with E-state index in [2.05, 4.69) is 35.1 Å². The van der Waals surface area contributed by atoms with E-state index in [0.717, 1.165) is 49.0 Å². The molecule has 0 bridgehead atoms. The standard InChI is InChI=1S/C14H16N8/c1-11-8-15-9-16-14(11)21-6-4-20(5-7-21)13-3-2-12-18-17-10-22(12)19-13/h2-3,8-10H,4-7H2,1H3. The third-order valence-corrected chi connectivity index (χ3v) is 3.92. The molecule has 0 aliphatic carbocycles. The second-order valence-corrected chi connectivity index (χ2v) is 5.33. The van der Waals surface area contributed by atoms with Gasteiger partial charge in [0.2, 0.25) is 0 Å². The summed E-state index contributed by atoms with van der Waals surface area (Å²) >= 11 is 0. The number of hydrogen-bond donors (Lipinski definition) is 0. The normalized spacial score (nSPS) is 15.5. The van der Waals surface area contributed by atoms with Crippen LogP contribution in [0.4, 0.5) is 11.6 Å². The van der Waals surface area contributed by atoms with Crippen LogP contribution in [0.5, 0.6) is 0 Å². The smallest absolute Gasteiger partial charge is 0.177 e. The molecule has 0 radical (unpaired) electrons. The van der Waals surface area contributed by atoms with E-state index in [1.807, 2.05) is 25.3 Å². The van der Waals surface area contributed by atoms with Crippen molar-refractivity contribution in [2.24, 2.45) is 0 Å². The van der Waals surface area contributed by atoms with Crippen molar-refractivity contribution in [3.63, 3.8) is 0 Å². The number of hydrogen-bond acceptors (Lipinski definition) is 7. The van der Waals surface area contributed by atoms with Crippen molar-refractivity contribution in [3.05, 3.63) is 36.5 Å². The molecular weight excluding hydrogens is 280 g/mol. The van der Waals surface area contributed by atoms with E-state index < -0.39 is 0 Å². The SMILES string of the molecule is Cc1cncnc1N1CCN(c2ccc3nncn3n2)CC1. The molecule has 4 heterocycles. The third kappa shape index (κ3) is 2.22. The largest absolute Gasteiger partial charge is 0.353 e. The van der Waals surface area contributed by atoms with Crippen molar-refractivity contribution in [2.45, 2.75) is 6.92 Å². The molecule has 0 unspecified atom stereocenters.